The van der Waals surface area contributed by atoms with Crippen LogP contribution in [-0.2, 0) is 11.2 Å². The van der Waals surface area contributed by atoms with Crippen LogP contribution in [-0.4, -0.2) is 10.9 Å². The molecule has 5 heteroatoms. The molecule has 2 aromatic heterocycles. The number of hydrogen-bond donors (Lipinski definition) is 1. The predicted molar refractivity (Wildman–Crippen MR) is 93.7 cm³/mol. The van der Waals surface area contributed by atoms with Crippen molar-refractivity contribution in [2.75, 3.05) is 5.32 Å². The lowest BCUT2D eigenvalue weighted by molar-refractivity contribution is -0.115. The number of carbonyl (C=O) groups excluding carboxylic acids is 1. The Bertz CT molecular complexity index is 791. The van der Waals surface area contributed by atoms with Crippen molar-refractivity contribution in [3.05, 3.63) is 57.1 Å². The minimum Gasteiger partial charge on any atom is -0.302 e. The molecule has 112 valence electrons. The van der Waals surface area contributed by atoms with Gasteiger partial charge in [-0.15, -0.1) is 22.7 Å². The lowest BCUT2D eigenvalue weighted by Gasteiger charge is -2.04. The molecule has 0 fully saturated rings. The van der Waals surface area contributed by atoms with E-state index in [-0.39, 0.29) is 5.91 Å². The van der Waals surface area contributed by atoms with E-state index in [4.69, 9.17) is 0 Å². The third kappa shape index (κ3) is 3.43. The van der Waals surface area contributed by atoms with Crippen LogP contribution in [0.3, 0.4) is 0 Å². The fourth-order valence-electron chi connectivity index (χ4n) is 2.20. The van der Waals surface area contributed by atoms with Crippen molar-refractivity contribution in [1.82, 2.24) is 4.98 Å². The second kappa shape index (κ2) is 6.42. The van der Waals surface area contributed by atoms with E-state index < -0.39 is 0 Å². The lowest BCUT2D eigenvalue weighted by atomic mass is 10.0. The minimum absolute atomic E-state index is 0.0238. The first-order valence-corrected chi connectivity index (χ1v) is 8.73. The Labute approximate surface area is 137 Å². The molecule has 0 saturated heterocycles. The van der Waals surface area contributed by atoms with Crippen molar-refractivity contribution in [2.45, 2.75) is 20.3 Å². The SMILES string of the molecule is Cc1ccc(C)c(-c2csc(NC(=O)Cc3cccs3)n2)c1. The summed E-state index contributed by atoms with van der Waals surface area (Å²) in [6.07, 6.45) is 0.399. The van der Waals surface area contributed by atoms with E-state index in [1.54, 1.807) is 11.3 Å². The highest BCUT2D eigenvalue weighted by molar-refractivity contribution is 7.14. The summed E-state index contributed by atoms with van der Waals surface area (Å²) in [5.41, 5.74) is 4.43. The van der Waals surface area contributed by atoms with Gasteiger partial charge in [0.1, 0.15) is 0 Å². The molecule has 0 aliphatic carbocycles. The summed E-state index contributed by atoms with van der Waals surface area (Å²) >= 11 is 3.05. The molecule has 3 rings (SSSR count). The second-order valence-electron chi connectivity index (χ2n) is 5.16. The lowest BCUT2D eigenvalue weighted by Crippen LogP contribution is -2.13. The van der Waals surface area contributed by atoms with Gasteiger partial charge in [-0.1, -0.05) is 23.8 Å². The number of hydrogen-bond acceptors (Lipinski definition) is 4. The average Bonchev–Trinajstić information content (AvgIpc) is 3.13. The molecule has 1 aromatic carbocycles. The van der Waals surface area contributed by atoms with E-state index >= 15 is 0 Å². The zero-order valence-corrected chi connectivity index (χ0v) is 14.1. The first-order chi connectivity index (χ1) is 10.6. The average molecular weight is 328 g/mol. The molecule has 0 aliphatic rings. The maximum Gasteiger partial charge on any atom is 0.231 e. The monoisotopic (exact) mass is 328 g/mol. The number of nitrogens with zero attached hydrogens (tertiary/aromatic N) is 1. The van der Waals surface area contributed by atoms with E-state index in [1.807, 2.05) is 22.9 Å². The smallest absolute Gasteiger partial charge is 0.231 e. The van der Waals surface area contributed by atoms with Gasteiger partial charge < -0.3 is 5.32 Å². The Hall–Kier alpha value is -1.98. The first kappa shape index (κ1) is 14.9. The second-order valence-corrected chi connectivity index (χ2v) is 7.05. The summed E-state index contributed by atoms with van der Waals surface area (Å²) in [5, 5.41) is 7.50. The largest absolute Gasteiger partial charge is 0.302 e. The van der Waals surface area contributed by atoms with Crippen molar-refractivity contribution in [2.24, 2.45) is 0 Å². The van der Waals surface area contributed by atoms with Crippen LogP contribution in [0.2, 0.25) is 0 Å². The minimum atomic E-state index is -0.0238. The van der Waals surface area contributed by atoms with Crippen molar-refractivity contribution < 1.29 is 4.79 Å². The fraction of sp³-hybridized carbons (Fsp3) is 0.176. The van der Waals surface area contributed by atoms with Gasteiger partial charge in [-0.2, -0.15) is 0 Å². The van der Waals surface area contributed by atoms with E-state index in [0.29, 0.717) is 11.6 Å². The number of rotatable bonds is 4. The van der Waals surface area contributed by atoms with Gasteiger partial charge in [-0.25, -0.2) is 4.98 Å². The number of thiophene rings is 1. The molecule has 0 atom stereocenters. The molecular formula is C17H16N2OS2. The number of nitrogens with one attached hydrogen (secondary N) is 1. The molecule has 3 aromatic rings. The van der Waals surface area contributed by atoms with Gasteiger partial charge in [0.2, 0.25) is 5.91 Å². The predicted octanol–water partition coefficient (Wildman–Crippen LogP) is 4.67. The van der Waals surface area contributed by atoms with Gasteiger partial charge in [0.15, 0.2) is 5.13 Å². The quantitative estimate of drug-likeness (QED) is 0.756. The van der Waals surface area contributed by atoms with E-state index in [2.05, 4.69) is 42.3 Å². The molecule has 0 unspecified atom stereocenters. The summed E-state index contributed by atoms with van der Waals surface area (Å²) in [7, 11) is 0. The summed E-state index contributed by atoms with van der Waals surface area (Å²) < 4.78 is 0. The number of carbonyl (C=O) groups is 1. The van der Waals surface area contributed by atoms with Gasteiger partial charge in [0.25, 0.3) is 0 Å². The number of anilines is 1. The third-order valence-corrected chi connectivity index (χ3v) is 4.97. The van der Waals surface area contributed by atoms with Crippen molar-refractivity contribution >= 4 is 33.7 Å². The molecule has 0 spiro atoms. The van der Waals surface area contributed by atoms with Gasteiger partial charge in [0, 0.05) is 15.8 Å². The number of amides is 1. The van der Waals surface area contributed by atoms with Crippen molar-refractivity contribution in [3.63, 3.8) is 0 Å². The number of aryl methyl sites for hydroxylation is 2. The molecule has 3 nitrogen and oxygen atoms in total. The normalized spacial score (nSPS) is 10.6. The van der Waals surface area contributed by atoms with Crippen LogP contribution in [0.1, 0.15) is 16.0 Å². The topological polar surface area (TPSA) is 42.0 Å². The highest BCUT2D eigenvalue weighted by atomic mass is 32.1. The summed E-state index contributed by atoms with van der Waals surface area (Å²) in [4.78, 5) is 17.6. The first-order valence-electron chi connectivity index (χ1n) is 6.97. The van der Waals surface area contributed by atoms with Gasteiger partial charge in [-0.05, 0) is 36.9 Å². The van der Waals surface area contributed by atoms with Crippen molar-refractivity contribution in [1.29, 1.82) is 0 Å². The van der Waals surface area contributed by atoms with Crippen LogP contribution in [0, 0.1) is 13.8 Å². The number of thiazole rings is 1. The third-order valence-electron chi connectivity index (χ3n) is 3.33. The molecule has 0 saturated carbocycles. The summed E-state index contributed by atoms with van der Waals surface area (Å²) in [5.74, 6) is -0.0238. The molecule has 2 heterocycles. The van der Waals surface area contributed by atoms with Crippen LogP contribution in [0.4, 0.5) is 5.13 Å². The number of aromatic nitrogens is 1. The van der Waals surface area contributed by atoms with Crippen LogP contribution in [0.15, 0.2) is 41.1 Å². The van der Waals surface area contributed by atoms with Crippen LogP contribution in [0.25, 0.3) is 11.3 Å². The molecule has 1 amide bonds. The molecule has 22 heavy (non-hydrogen) atoms. The zero-order chi connectivity index (χ0) is 15.5. The Morgan fingerprint density at radius 3 is 2.86 bits per heavy atom. The van der Waals surface area contributed by atoms with E-state index in [0.717, 1.165) is 16.1 Å². The van der Waals surface area contributed by atoms with Gasteiger partial charge in [-0.3, -0.25) is 4.79 Å². The zero-order valence-electron chi connectivity index (χ0n) is 12.4. The Balaban J connectivity index is 1.73. The molecule has 1 N–H and O–H groups in total. The van der Waals surface area contributed by atoms with E-state index in [9.17, 15) is 4.79 Å². The Kier molecular flexibility index (Phi) is 4.36. The van der Waals surface area contributed by atoms with Crippen LogP contribution >= 0.6 is 22.7 Å². The maximum absolute atomic E-state index is 12.0. The maximum atomic E-state index is 12.0. The van der Waals surface area contributed by atoms with Gasteiger partial charge >= 0.3 is 0 Å². The van der Waals surface area contributed by atoms with Crippen molar-refractivity contribution in [3.8, 4) is 11.3 Å². The molecule has 0 radical (unpaired) electrons. The van der Waals surface area contributed by atoms with Crippen LogP contribution in [0.5, 0.6) is 0 Å². The standard InChI is InChI=1S/C17H16N2OS2/c1-11-5-6-12(2)14(8-11)15-10-22-17(18-15)19-16(20)9-13-4-3-7-21-13/h3-8,10H,9H2,1-2H3,(H,18,19,20). The van der Waals surface area contributed by atoms with Crippen LogP contribution < -0.4 is 5.32 Å². The highest BCUT2D eigenvalue weighted by Gasteiger charge is 2.10. The van der Waals surface area contributed by atoms with E-state index in [1.165, 1.54) is 22.5 Å². The Morgan fingerprint density at radius 1 is 1.23 bits per heavy atom. The summed E-state index contributed by atoms with van der Waals surface area (Å²) in [6.45, 7) is 4.14. The molecule has 0 bridgehead atoms. The van der Waals surface area contributed by atoms with Gasteiger partial charge in [0.05, 0.1) is 12.1 Å². The molecular weight excluding hydrogens is 312 g/mol. The molecule has 0 aliphatic heterocycles. The fourth-order valence-corrected chi connectivity index (χ4v) is 3.63. The summed E-state index contributed by atoms with van der Waals surface area (Å²) in [6, 6.07) is 10.2. The number of benzene rings is 1. The Morgan fingerprint density at radius 2 is 2.09 bits per heavy atom. The highest BCUT2D eigenvalue weighted by Crippen LogP contribution is 2.28.